The van der Waals surface area contributed by atoms with Gasteiger partial charge in [-0.2, -0.15) is 0 Å². The fourth-order valence-corrected chi connectivity index (χ4v) is 2.78. The average molecular weight is 384 g/mol. The SMILES string of the molecule is CON=C(C(=O)OC)c1ccccc1COc1ccc2c(c1)OCC2=NOC. The fourth-order valence-electron chi connectivity index (χ4n) is 2.78. The van der Waals surface area contributed by atoms with Crippen LogP contribution in [0, 0.1) is 0 Å². The Morgan fingerprint density at radius 2 is 1.93 bits per heavy atom. The Morgan fingerprint density at radius 3 is 2.68 bits per heavy atom. The Morgan fingerprint density at radius 1 is 1.11 bits per heavy atom. The van der Waals surface area contributed by atoms with E-state index in [2.05, 4.69) is 10.3 Å². The highest BCUT2D eigenvalue weighted by Crippen LogP contribution is 2.30. The monoisotopic (exact) mass is 384 g/mol. The minimum Gasteiger partial charge on any atom is -0.489 e. The third-order valence-corrected chi connectivity index (χ3v) is 4.06. The Hall–Kier alpha value is -3.55. The smallest absolute Gasteiger partial charge is 0.360 e. The van der Waals surface area contributed by atoms with Crippen LogP contribution in [0.25, 0.3) is 0 Å². The van der Waals surface area contributed by atoms with Gasteiger partial charge in [0.15, 0.2) is 5.71 Å². The number of methoxy groups -OCH3 is 1. The van der Waals surface area contributed by atoms with E-state index >= 15 is 0 Å². The minimum absolute atomic E-state index is 0.0712. The maximum absolute atomic E-state index is 12.0. The molecule has 1 heterocycles. The van der Waals surface area contributed by atoms with E-state index < -0.39 is 5.97 Å². The molecule has 0 radical (unpaired) electrons. The zero-order valence-electron chi connectivity index (χ0n) is 15.8. The number of hydrogen-bond donors (Lipinski definition) is 0. The van der Waals surface area contributed by atoms with Crippen molar-refractivity contribution in [2.75, 3.05) is 27.9 Å². The Bertz CT molecular complexity index is 923. The topological polar surface area (TPSA) is 87.9 Å². The van der Waals surface area contributed by atoms with Crippen LogP contribution in [0.2, 0.25) is 0 Å². The number of nitrogens with zero attached hydrogens (tertiary/aromatic N) is 2. The van der Waals surface area contributed by atoms with Crippen molar-refractivity contribution in [3.63, 3.8) is 0 Å². The third-order valence-electron chi connectivity index (χ3n) is 4.06. The summed E-state index contributed by atoms with van der Waals surface area (Å²) in [6, 6.07) is 12.7. The first-order valence-electron chi connectivity index (χ1n) is 8.45. The van der Waals surface area contributed by atoms with Crippen LogP contribution in [0.4, 0.5) is 0 Å². The second-order valence-electron chi connectivity index (χ2n) is 5.73. The van der Waals surface area contributed by atoms with Crippen LogP contribution in [0.5, 0.6) is 11.5 Å². The second kappa shape index (κ2) is 8.90. The predicted octanol–water partition coefficient (Wildman–Crippen LogP) is 2.53. The summed E-state index contributed by atoms with van der Waals surface area (Å²) in [4.78, 5) is 21.6. The van der Waals surface area contributed by atoms with E-state index in [-0.39, 0.29) is 12.3 Å². The van der Waals surface area contributed by atoms with Crippen LogP contribution in [-0.2, 0) is 25.8 Å². The van der Waals surface area contributed by atoms with Gasteiger partial charge in [-0.25, -0.2) is 4.79 Å². The van der Waals surface area contributed by atoms with E-state index in [1.165, 1.54) is 21.3 Å². The summed E-state index contributed by atoms with van der Waals surface area (Å²) in [5, 5.41) is 7.74. The molecule has 28 heavy (non-hydrogen) atoms. The largest absolute Gasteiger partial charge is 0.489 e. The summed E-state index contributed by atoms with van der Waals surface area (Å²) in [6.45, 7) is 0.569. The summed E-state index contributed by atoms with van der Waals surface area (Å²) < 4.78 is 16.3. The number of ether oxygens (including phenoxy) is 3. The normalized spacial score (nSPS) is 14.2. The summed E-state index contributed by atoms with van der Waals surface area (Å²) in [7, 11) is 4.15. The van der Waals surface area contributed by atoms with Gasteiger partial charge >= 0.3 is 5.97 Å². The molecule has 2 aromatic carbocycles. The van der Waals surface area contributed by atoms with Crippen molar-refractivity contribution in [1.82, 2.24) is 0 Å². The lowest BCUT2D eigenvalue weighted by Crippen LogP contribution is -2.19. The van der Waals surface area contributed by atoms with E-state index in [0.29, 0.717) is 23.7 Å². The second-order valence-corrected chi connectivity index (χ2v) is 5.73. The third kappa shape index (κ3) is 4.06. The van der Waals surface area contributed by atoms with Gasteiger partial charge in [-0.05, 0) is 17.7 Å². The molecule has 0 spiro atoms. The zero-order valence-corrected chi connectivity index (χ0v) is 15.8. The van der Waals surface area contributed by atoms with Gasteiger partial charge in [-0.15, -0.1) is 0 Å². The number of carbonyl (C=O) groups excluding carboxylic acids is 1. The molecule has 0 saturated carbocycles. The molecule has 146 valence electrons. The van der Waals surface area contributed by atoms with Crippen LogP contribution in [-0.4, -0.2) is 45.3 Å². The van der Waals surface area contributed by atoms with Crippen molar-refractivity contribution in [1.29, 1.82) is 0 Å². The van der Waals surface area contributed by atoms with Gasteiger partial charge in [0.25, 0.3) is 0 Å². The number of oxime groups is 2. The van der Waals surface area contributed by atoms with Gasteiger partial charge in [-0.1, -0.05) is 34.6 Å². The van der Waals surface area contributed by atoms with Gasteiger partial charge < -0.3 is 23.9 Å². The summed E-state index contributed by atoms with van der Waals surface area (Å²) in [6.07, 6.45) is 0. The quantitative estimate of drug-likeness (QED) is 0.414. The Balaban J connectivity index is 1.80. The maximum atomic E-state index is 12.0. The lowest BCUT2D eigenvalue weighted by atomic mass is 10.0. The van der Waals surface area contributed by atoms with E-state index in [9.17, 15) is 4.79 Å². The number of rotatable bonds is 7. The first-order valence-corrected chi connectivity index (χ1v) is 8.45. The van der Waals surface area contributed by atoms with Gasteiger partial charge in [0, 0.05) is 17.2 Å². The van der Waals surface area contributed by atoms with Gasteiger partial charge in [0.1, 0.15) is 44.6 Å². The molecule has 0 fully saturated rings. The van der Waals surface area contributed by atoms with Crippen LogP contribution in [0.15, 0.2) is 52.8 Å². The Kier molecular flexibility index (Phi) is 6.11. The van der Waals surface area contributed by atoms with Crippen molar-refractivity contribution in [2.45, 2.75) is 6.61 Å². The van der Waals surface area contributed by atoms with E-state index in [1.54, 1.807) is 18.2 Å². The van der Waals surface area contributed by atoms with Crippen LogP contribution in [0.3, 0.4) is 0 Å². The molecule has 1 aliphatic heterocycles. The summed E-state index contributed by atoms with van der Waals surface area (Å²) in [5.74, 6) is 0.707. The van der Waals surface area contributed by atoms with Crippen molar-refractivity contribution in [3.05, 3.63) is 59.2 Å². The molecule has 0 aliphatic carbocycles. The average Bonchev–Trinajstić information content (AvgIpc) is 3.12. The standard InChI is InChI=1S/C20H20N2O6/c1-24-20(23)19(22-26-3)15-7-5-4-6-13(15)11-27-14-8-9-16-17(21-25-2)12-28-18(16)10-14/h4-10H,11-12H2,1-3H3. The molecule has 0 N–H and O–H groups in total. The molecule has 0 aromatic heterocycles. The molecular weight excluding hydrogens is 364 g/mol. The molecule has 3 rings (SSSR count). The minimum atomic E-state index is -0.592. The number of hydrogen-bond acceptors (Lipinski definition) is 8. The van der Waals surface area contributed by atoms with Crippen LogP contribution in [0.1, 0.15) is 16.7 Å². The molecule has 0 saturated heterocycles. The number of benzene rings is 2. The first-order chi connectivity index (χ1) is 13.7. The van der Waals surface area contributed by atoms with E-state index in [1.807, 2.05) is 24.3 Å². The van der Waals surface area contributed by atoms with Crippen molar-refractivity contribution in [3.8, 4) is 11.5 Å². The molecule has 0 amide bonds. The highest BCUT2D eigenvalue weighted by Gasteiger charge is 2.22. The molecule has 1 aliphatic rings. The Labute approximate surface area is 162 Å². The van der Waals surface area contributed by atoms with Gasteiger partial charge in [0.05, 0.1) is 7.11 Å². The highest BCUT2D eigenvalue weighted by molar-refractivity contribution is 6.43. The van der Waals surface area contributed by atoms with E-state index in [0.717, 1.165) is 16.8 Å². The molecule has 8 nitrogen and oxygen atoms in total. The van der Waals surface area contributed by atoms with Crippen molar-refractivity contribution < 1.29 is 28.7 Å². The number of esters is 1. The zero-order chi connectivity index (χ0) is 19.9. The highest BCUT2D eigenvalue weighted by atomic mass is 16.6. The molecular formula is C20H20N2O6. The fraction of sp³-hybridized carbons (Fsp3) is 0.250. The lowest BCUT2D eigenvalue weighted by molar-refractivity contribution is -0.132. The van der Waals surface area contributed by atoms with E-state index in [4.69, 9.17) is 23.9 Å². The molecule has 2 aromatic rings. The van der Waals surface area contributed by atoms with Gasteiger partial charge in [-0.3, -0.25) is 0 Å². The molecule has 0 atom stereocenters. The first kappa shape index (κ1) is 19.2. The van der Waals surface area contributed by atoms with Crippen molar-refractivity contribution >= 4 is 17.4 Å². The number of carbonyl (C=O) groups is 1. The lowest BCUT2D eigenvalue weighted by Gasteiger charge is -2.12. The number of fused-ring (bicyclic) bond motifs is 1. The predicted molar refractivity (Wildman–Crippen MR) is 102 cm³/mol. The molecule has 0 unspecified atom stereocenters. The van der Waals surface area contributed by atoms with Crippen LogP contribution >= 0.6 is 0 Å². The summed E-state index contributed by atoms with van der Waals surface area (Å²) in [5.41, 5.74) is 3.00. The van der Waals surface area contributed by atoms with Gasteiger partial charge in [0.2, 0.25) is 0 Å². The van der Waals surface area contributed by atoms with Crippen LogP contribution < -0.4 is 9.47 Å². The summed E-state index contributed by atoms with van der Waals surface area (Å²) >= 11 is 0. The maximum Gasteiger partial charge on any atom is 0.360 e. The molecule has 0 bridgehead atoms. The van der Waals surface area contributed by atoms with Crippen molar-refractivity contribution in [2.24, 2.45) is 10.3 Å². The molecule has 8 heteroatoms.